The minimum absolute atomic E-state index is 0.0639. The van der Waals surface area contributed by atoms with E-state index in [2.05, 4.69) is 37.6 Å². The van der Waals surface area contributed by atoms with Crippen molar-refractivity contribution in [3.8, 4) is 5.69 Å². The number of benzene rings is 2. The van der Waals surface area contributed by atoms with Gasteiger partial charge in [0.2, 0.25) is 0 Å². The van der Waals surface area contributed by atoms with E-state index in [0.29, 0.717) is 18.1 Å². The van der Waals surface area contributed by atoms with Gasteiger partial charge in [-0.15, -0.1) is 0 Å². The lowest BCUT2D eigenvalue weighted by Gasteiger charge is -2.52. The first-order valence-corrected chi connectivity index (χ1v) is 14.4. The third-order valence-corrected chi connectivity index (χ3v) is 10.1. The van der Waals surface area contributed by atoms with E-state index in [-0.39, 0.29) is 17.3 Å². The fourth-order valence-corrected chi connectivity index (χ4v) is 8.20. The van der Waals surface area contributed by atoms with E-state index in [1.165, 1.54) is 23.7 Å². The van der Waals surface area contributed by atoms with Crippen molar-refractivity contribution >= 4 is 44.3 Å². The Kier molecular flexibility index (Phi) is 5.30. The van der Waals surface area contributed by atoms with E-state index in [1.807, 2.05) is 42.3 Å². The van der Waals surface area contributed by atoms with Crippen molar-refractivity contribution < 1.29 is 13.4 Å². The fourth-order valence-electron chi connectivity index (χ4n) is 5.73. The highest BCUT2D eigenvalue weighted by Crippen LogP contribution is 2.46. The van der Waals surface area contributed by atoms with Gasteiger partial charge in [0, 0.05) is 52.0 Å². The summed E-state index contributed by atoms with van der Waals surface area (Å²) in [7, 11) is -0.791. The predicted octanol–water partition coefficient (Wildman–Crippen LogP) is 4.85. The van der Waals surface area contributed by atoms with Crippen molar-refractivity contribution in [2.45, 2.75) is 19.4 Å². The molecule has 37 heavy (non-hydrogen) atoms. The Bertz CT molecular complexity index is 1600. The van der Waals surface area contributed by atoms with Crippen LogP contribution in [0.4, 0.5) is 4.39 Å². The van der Waals surface area contributed by atoms with Crippen LogP contribution in [-0.2, 0) is 15.6 Å². The normalized spacial score (nSPS) is 26.2. The summed E-state index contributed by atoms with van der Waals surface area (Å²) in [4.78, 5) is 12.4. The largest absolute Gasteiger partial charge is 0.392 e. The minimum atomic E-state index is -0.791. The number of amidine groups is 1. The highest BCUT2D eigenvalue weighted by atomic mass is 32.2. The van der Waals surface area contributed by atoms with Crippen LogP contribution < -0.4 is 0 Å². The van der Waals surface area contributed by atoms with Crippen LogP contribution in [0.2, 0.25) is 0 Å². The molecule has 0 bridgehead atoms. The van der Waals surface area contributed by atoms with Crippen molar-refractivity contribution in [3.05, 3.63) is 83.3 Å². The molecule has 3 aliphatic heterocycles. The van der Waals surface area contributed by atoms with Gasteiger partial charge in [0.15, 0.2) is 5.84 Å². The van der Waals surface area contributed by atoms with Crippen molar-refractivity contribution in [1.29, 1.82) is 0 Å². The van der Waals surface area contributed by atoms with Gasteiger partial charge in [-0.05, 0) is 65.9 Å². The molecule has 2 saturated heterocycles. The van der Waals surface area contributed by atoms with E-state index in [4.69, 9.17) is 4.84 Å². The predicted molar refractivity (Wildman–Crippen MR) is 144 cm³/mol. The van der Waals surface area contributed by atoms with Crippen LogP contribution in [0.5, 0.6) is 0 Å². The number of fused-ring (bicyclic) bond motifs is 2. The lowest BCUT2D eigenvalue weighted by Crippen LogP contribution is -2.59. The zero-order chi connectivity index (χ0) is 25.1. The van der Waals surface area contributed by atoms with Crippen LogP contribution in [0.1, 0.15) is 29.3 Å². The second-order valence-electron chi connectivity index (χ2n) is 10.1. The summed E-state index contributed by atoms with van der Waals surface area (Å²) in [5.41, 5.74) is 5.05. The maximum atomic E-state index is 13.6. The average Bonchev–Trinajstić information content (AvgIpc) is 3.53. The highest BCUT2D eigenvalue weighted by Gasteiger charge is 2.51. The summed E-state index contributed by atoms with van der Waals surface area (Å²) < 4.78 is 33.5. The molecule has 1 spiro atoms. The molecule has 0 aliphatic carbocycles. The Morgan fingerprint density at radius 1 is 1.22 bits per heavy atom. The van der Waals surface area contributed by atoms with Crippen molar-refractivity contribution in [2.75, 3.05) is 24.7 Å². The molecule has 0 amide bonds. The number of nitrogens with zero attached hydrogens (tertiary/aromatic N) is 5. The van der Waals surface area contributed by atoms with Crippen molar-refractivity contribution in [1.82, 2.24) is 18.8 Å². The summed E-state index contributed by atoms with van der Waals surface area (Å²) in [5, 5.41) is 5.57. The van der Waals surface area contributed by atoms with Gasteiger partial charge in [0.25, 0.3) is 0 Å². The van der Waals surface area contributed by atoms with Crippen molar-refractivity contribution in [2.24, 2.45) is 10.6 Å². The molecule has 10 heteroatoms. The fraction of sp³-hybridized carbons (Fsp3) is 0.296. The molecule has 0 N–H and O–H groups in total. The molecule has 7 nitrogen and oxygen atoms in total. The first-order chi connectivity index (χ1) is 18.0. The maximum absolute atomic E-state index is 13.6. The first-order valence-electron chi connectivity index (χ1n) is 12.1. The lowest BCUT2D eigenvalue weighted by atomic mass is 9.78. The summed E-state index contributed by atoms with van der Waals surface area (Å²) >= 11 is 1.47. The molecule has 2 aromatic carbocycles. The molecule has 0 saturated carbocycles. The molecule has 2 aromatic heterocycles. The molecule has 188 valence electrons. The molecule has 3 aliphatic rings. The van der Waals surface area contributed by atoms with E-state index in [9.17, 15) is 8.60 Å². The van der Waals surface area contributed by atoms with Crippen LogP contribution in [0.25, 0.3) is 21.8 Å². The van der Waals surface area contributed by atoms with Gasteiger partial charge in [-0.2, -0.15) is 4.37 Å². The van der Waals surface area contributed by atoms with Crippen LogP contribution in [-0.4, -0.2) is 53.5 Å². The smallest absolute Gasteiger partial charge is 0.172 e. The van der Waals surface area contributed by atoms with Crippen LogP contribution in [0.3, 0.4) is 0 Å². The Morgan fingerprint density at radius 2 is 2.05 bits per heavy atom. The van der Waals surface area contributed by atoms with Crippen LogP contribution in [0.15, 0.2) is 65.8 Å². The number of piperidine rings is 1. The Morgan fingerprint density at radius 3 is 2.81 bits per heavy atom. The second-order valence-corrected chi connectivity index (χ2v) is 12.4. The Balaban J connectivity index is 1.31. The SMILES string of the molecule is Cc1cn(-c2ccc(/C=C3\CC4(CN5C3=NOCC5c3ccc(F)cc3)CS(=O)C4)c3cnsc23)cn1. The van der Waals surface area contributed by atoms with Gasteiger partial charge in [-0.1, -0.05) is 23.4 Å². The zero-order valence-corrected chi connectivity index (χ0v) is 21.8. The molecule has 4 aromatic rings. The molecule has 1 unspecified atom stereocenters. The van der Waals surface area contributed by atoms with Crippen molar-refractivity contribution in [3.63, 3.8) is 0 Å². The van der Waals surface area contributed by atoms with E-state index in [0.717, 1.165) is 57.0 Å². The summed E-state index contributed by atoms with van der Waals surface area (Å²) in [6.07, 6.45) is 8.72. The van der Waals surface area contributed by atoms with Gasteiger partial charge in [0.1, 0.15) is 12.4 Å². The van der Waals surface area contributed by atoms with Gasteiger partial charge in [-0.3, -0.25) is 4.21 Å². The second kappa shape index (κ2) is 8.59. The first kappa shape index (κ1) is 22.8. The maximum Gasteiger partial charge on any atom is 0.172 e. The van der Waals surface area contributed by atoms with E-state index >= 15 is 0 Å². The number of aryl methyl sites for hydroxylation is 1. The summed E-state index contributed by atoms with van der Waals surface area (Å²) in [6.45, 7) is 3.12. The number of aromatic nitrogens is 3. The average molecular weight is 534 g/mol. The monoisotopic (exact) mass is 533 g/mol. The summed E-state index contributed by atoms with van der Waals surface area (Å²) in [5.74, 6) is 1.90. The molecular weight excluding hydrogens is 509 g/mol. The number of imidazole rings is 1. The number of oxime groups is 1. The standard InChI is InChI=1S/C27H24FN5O2S2/c1-17-11-32(16-29-17)23-7-4-19(22-10-30-36-25(22)23)8-20-9-27(14-37(34)15-27)13-33-24(12-35-31-26(20)33)18-2-5-21(28)6-3-18/h2-8,10-11,16,24H,9,12-15H2,1H3/b20-8+. The van der Waals surface area contributed by atoms with Gasteiger partial charge in [-0.25, -0.2) is 9.37 Å². The number of rotatable bonds is 3. The Labute approximate surface area is 219 Å². The van der Waals surface area contributed by atoms with Crippen LogP contribution >= 0.6 is 11.5 Å². The third-order valence-electron chi connectivity index (χ3n) is 7.43. The quantitative estimate of drug-likeness (QED) is 0.376. The molecule has 7 rings (SSSR count). The number of hydrogen-bond donors (Lipinski definition) is 0. The van der Waals surface area contributed by atoms with Crippen LogP contribution in [0, 0.1) is 18.2 Å². The minimum Gasteiger partial charge on any atom is -0.392 e. The molecule has 0 radical (unpaired) electrons. The molecule has 1 atom stereocenters. The molecule has 2 fully saturated rings. The van der Waals surface area contributed by atoms with E-state index < -0.39 is 10.8 Å². The zero-order valence-electron chi connectivity index (χ0n) is 20.1. The lowest BCUT2D eigenvalue weighted by molar-refractivity contribution is 0.0398. The van der Waals surface area contributed by atoms with Gasteiger partial charge >= 0.3 is 0 Å². The topological polar surface area (TPSA) is 72.6 Å². The van der Waals surface area contributed by atoms with Gasteiger partial charge < -0.3 is 14.3 Å². The van der Waals surface area contributed by atoms with Gasteiger partial charge in [0.05, 0.1) is 28.5 Å². The van der Waals surface area contributed by atoms with E-state index in [1.54, 1.807) is 0 Å². The third kappa shape index (κ3) is 3.90. The number of halogens is 1. The Hall–Kier alpha value is -3.37. The summed E-state index contributed by atoms with van der Waals surface area (Å²) in [6, 6.07) is 10.7. The molecule has 5 heterocycles. The highest BCUT2D eigenvalue weighted by molar-refractivity contribution is 7.86. The molecular formula is C27H24FN5O2S2. The number of hydrogen-bond acceptors (Lipinski definition) is 7.